The maximum absolute atomic E-state index is 7.78. The van der Waals surface area contributed by atoms with E-state index in [4.69, 9.17) is 8.83 Å². The highest BCUT2D eigenvalue weighted by molar-refractivity contribution is 6.99. The molecule has 0 saturated heterocycles. The van der Waals surface area contributed by atoms with Crippen molar-refractivity contribution in [2.24, 2.45) is 0 Å². The second-order valence-corrected chi connectivity index (χ2v) is 26.9. The normalized spacial score (nSPS) is 20.4. The van der Waals surface area contributed by atoms with Crippen LogP contribution in [0.1, 0.15) is 155 Å². The molecule has 4 nitrogen and oxygen atoms in total. The summed E-state index contributed by atoms with van der Waals surface area (Å²) in [6.45, 7) is 29.4. The molecule has 0 unspecified atom stereocenters. The van der Waals surface area contributed by atoms with Crippen molar-refractivity contribution in [1.82, 2.24) is 4.57 Å². The largest absolute Gasteiger partial charge is 0.468 e. The summed E-state index contributed by atoms with van der Waals surface area (Å²) < 4.78 is 17.3. The molecule has 3 aromatic heterocycles. The van der Waals surface area contributed by atoms with E-state index in [-0.39, 0.29) is 39.2 Å². The summed E-state index contributed by atoms with van der Waals surface area (Å²) in [4.78, 5) is 2.67. The maximum atomic E-state index is 7.78. The molecule has 0 amide bonds. The van der Waals surface area contributed by atoms with Crippen molar-refractivity contribution in [1.29, 1.82) is 0 Å². The molecule has 15 rings (SSSR count). The Morgan fingerprint density at radius 1 is 0.423 bits per heavy atom. The van der Waals surface area contributed by atoms with Gasteiger partial charge in [-0.1, -0.05) is 119 Å². The third kappa shape index (κ3) is 5.43. The summed E-state index contributed by atoms with van der Waals surface area (Å²) in [5, 5.41) is 8.42. The van der Waals surface area contributed by atoms with Gasteiger partial charge in [-0.2, -0.15) is 0 Å². The lowest BCUT2D eigenvalue weighted by Crippen LogP contribution is -2.60. The minimum atomic E-state index is -0.156. The summed E-state index contributed by atoms with van der Waals surface area (Å²) >= 11 is 0. The van der Waals surface area contributed by atoms with E-state index in [9.17, 15) is 0 Å². The van der Waals surface area contributed by atoms with Crippen LogP contribution in [-0.4, -0.2) is 11.3 Å². The number of nitrogens with zero attached hydrogens (tertiary/aromatic N) is 2. The van der Waals surface area contributed by atoms with Crippen LogP contribution in [0, 0.1) is 0 Å². The highest BCUT2D eigenvalue weighted by atomic mass is 16.3. The van der Waals surface area contributed by atoms with Crippen molar-refractivity contribution in [2.45, 2.75) is 154 Å². The molecule has 5 heterocycles. The first-order valence-corrected chi connectivity index (χ1v) is 26.7. The summed E-state index contributed by atoms with van der Waals surface area (Å²) in [6, 6.07) is 41.1. The van der Waals surface area contributed by atoms with Crippen molar-refractivity contribution in [3.63, 3.8) is 0 Å². The van der Waals surface area contributed by atoms with Gasteiger partial charge < -0.3 is 18.3 Å². The number of hydrogen-bond donors (Lipinski definition) is 0. The van der Waals surface area contributed by atoms with Gasteiger partial charge in [0.2, 0.25) is 0 Å². The first-order chi connectivity index (χ1) is 33.6. The molecule has 3 aliphatic carbocycles. The zero-order valence-corrected chi connectivity index (χ0v) is 43.8. The molecule has 0 N–H and O–H groups in total. The lowest BCUT2D eigenvalue weighted by Gasteiger charge is -2.45. The number of fused-ring (bicyclic) bond motifs is 13. The Hall–Kier alpha value is -6.20. The molecule has 0 radical (unpaired) electrons. The van der Waals surface area contributed by atoms with Crippen LogP contribution in [0.15, 0.2) is 112 Å². The van der Waals surface area contributed by atoms with E-state index in [1.54, 1.807) is 0 Å². The SMILES string of the molecule is CC1(C)CCC(C)(C)c2cc(N3c4cc5cc6c4B(c4cc7c(cc4-n6c4cccc6oc8cc9cccc5c9cc8c64)C(C)(C)CCC7(C)C)c4oc5cc6c(cc5c43)C(C)(C)CCC6(C)C)ccc21. The maximum Gasteiger partial charge on any atom is 0.297 e. The van der Waals surface area contributed by atoms with Crippen molar-refractivity contribution < 1.29 is 8.83 Å². The average Bonchev–Trinajstić information content (AvgIpc) is 3.90. The fraction of sp³-hybridized carbons (Fsp3) is 0.364. The van der Waals surface area contributed by atoms with Crippen LogP contribution in [0.2, 0.25) is 0 Å². The molecule has 0 saturated carbocycles. The van der Waals surface area contributed by atoms with Gasteiger partial charge in [-0.15, -0.1) is 0 Å². The molecule has 0 spiro atoms. The molecular formula is C66H65BN2O2. The monoisotopic (exact) mass is 929 g/mol. The van der Waals surface area contributed by atoms with Crippen molar-refractivity contribution in [3.05, 3.63) is 137 Å². The first-order valence-electron chi connectivity index (χ1n) is 26.7. The predicted octanol–water partition coefficient (Wildman–Crippen LogP) is 16.2. The number of hydrogen-bond acceptors (Lipinski definition) is 3. The van der Waals surface area contributed by atoms with Gasteiger partial charge in [0.25, 0.3) is 6.71 Å². The Labute approximate surface area is 418 Å². The second kappa shape index (κ2) is 13.1. The molecule has 2 aliphatic heterocycles. The van der Waals surface area contributed by atoms with E-state index in [2.05, 4.69) is 196 Å². The average molecular weight is 929 g/mol. The Morgan fingerprint density at radius 2 is 1.03 bits per heavy atom. The third-order valence-electron chi connectivity index (χ3n) is 19.7. The van der Waals surface area contributed by atoms with Gasteiger partial charge in [-0.05, 0) is 204 Å². The number of anilines is 3. The second-order valence-electron chi connectivity index (χ2n) is 26.9. The van der Waals surface area contributed by atoms with Crippen LogP contribution in [-0.2, 0) is 32.5 Å². The van der Waals surface area contributed by atoms with E-state index in [0.29, 0.717) is 0 Å². The topological polar surface area (TPSA) is 34.5 Å². The molecule has 0 fully saturated rings. The van der Waals surface area contributed by atoms with E-state index in [0.717, 1.165) is 70.8 Å². The highest BCUT2D eigenvalue weighted by Gasteiger charge is 2.49. The molecule has 71 heavy (non-hydrogen) atoms. The van der Waals surface area contributed by atoms with Crippen LogP contribution in [0.5, 0.6) is 0 Å². The van der Waals surface area contributed by atoms with Crippen molar-refractivity contribution in [2.75, 3.05) is 4.90 Å². The standard InChI is InChI=1S/C66H65BN2O2/c1-61(2)21-22-62(3,4)44-30-38(19-20-43(44)61)68-52-27-37-28-53-58(52)67(60-59(68)42-32-45-48(35-56(42)71-60)66(11,12)26-23-63(45,5)6)49-33-46-47(65(9,10)25-24-64(46,7)8)34-51(49)69(53)50-17-14-18-54-57(50)41-31-40-36(29-55(41)70-54)15-13-16-39(37)40/h13-20,27-35H,21-26H2,1-12H3. The highest BCUT2D eigenvalue weighted by Crippen LogP contribution is 2.54. The lowest BCUT2D eigenvalue weighted by molar-refractivity contribution is 0.332. The van der Waals surface area contributed by atoms with Crippen LogP contribution in [0.25, 0.3) is 71.2 Å². The van der Waals surface area contributed by atoms with Gasteiger partial charge >= 0.3 is 0 Å². The molecule has 354 valence electrons. The molecule has 4 bridgehead atoms. The van der Waals surface area contributed by atoms with E-state index < -0.39 is 0 Å². The van der Waals surface area contributed by atoms with Gasteiger partial charge in [0.15, 0.2) is 0 Å². The molecule has 5 heteroatoms. The van der Waals surface area contributed by atoms with Gasteiger partial charge in [0.1, 0.15) is 16.7 Å². The molecule has 5 aliphatic rings. The number of benzene rings is 7. The van der Waals surface area contributed by atoms with Gasteiger partial charge in [0, 0.05) is 33.4 Å². The summed E-state index contributed by atoms with van der Waals surface area (Å²) in [5.41, 5.74) is 22.7. The molecule has 7 aromatic carbocycles. The van der Waals surface area contributed by atoms with Crippen LogP contribution >= 0.6 is 0 Å². The van der Waals surface area contributed by atoms with E-state index in [1.807, 2.05) is 0 Å². The Kier molecular flexibility index (Phi) is 7.82. The smallest absolute Gasteiger partial charge is 0.297 e. The quantitative estimate of drug-likeness (QED) is 0.154. The fourth-order valence-electron chi connectivity index (χ4n) is 15.0. The number of aromatic nitrogens is 1. The van der Waals surface area contributed by atoms with Crippen LogP contribution < -0.4 is 21.5 Å². The number of furan rings is 2. The van der Waals surface area contributed by atoms with Crippen molar-refractivity contribution in [3.8, 4) is 5.69 Å². The van der Waals surface area contributed by atoms with Gasteiger partial charge in [0.05, 0.1) is 22.2 Å². The van der Waals surface area contributed by atoms with Gasteiger partial charge in [-0.25, -0.2) is 0 Å². The van der Waals surface area contributed by atoms with E-state index in [1.165, 1.54) is 106 Å². The van der Waals surface area contributed by atoms with Crippen LogP contribution in [0.3, 0.4) is 0 Å². The van der Waals surface area contributed by atoms with Crippen LogP contribution in [0.4, 0.5) is 17.1 Å². The van der Waals surface area contributed by atoms with Crippen molar-refractivity contribution >= 4 is 106 Å². The fourth-order valence-corrected chi connectivity index (χ4v) is 15.0. The number of rotatable bonds is 1. The van der Waals surface area contributed by atoms with E-state index >= 15 is 0 Å². The molecular weight excluding hydrogens is 864 g/mol. The predicted molar refractivity (Wildman–Crippen MR) is 301 cm³/mol. The molecule has 0 atom stereocenters. The lowest BCUT2D eigenvalue weighted by atomic mass is 9.35. The molecule has 10 aromatic rings. The Morgan fingerprint density at radius 3 is 1.73 bits per heavy atom. The zero-order chi connectivity index (χ0) is 48.8. The minimum Gasteiger partial charge on any atom is -0.468 e. The minimum absolute atomic E-state index is 0.00449. The Bertz CT molecular complexity index is 4090. The summed E-state index contributed by atoms with van der Waals surface area (Å²) in [7, 11) is 0. The zero-order valence-electron chi connectivity index (χ0n) is 43.8. The first kappa shape index (κ1) is 42.5. The van der Waals surface area contributed by atoms with Gasteiger partial charge in [-0.3, -0.25) is 0 Å². The third-order valence-corrected chi connectivity index (χ3v) is 19.7. The Balaban J connectivity index is 1.18. The summed E-state index contributed by atoms with van der Waals surface area (Å²) in [6.07, 6.45) is 6.92. The summed E-state index contributed by atoms with van der Waals surface area (Å²) in [5.74, 6) is 0.